The summed E-state index contributed by atoms with van der Waals surface area (Å²) in [6.07, 6.45) is 1.60. The monoisotopic (exact) mass is 642 g/mol. The third-order valence-corrected chi connectivity index (χ3v) is 6.63. The molecule has 10 heteroatoms. The van der Waals surface area contributed by atoms with Crippen molar-refractivity contribution in [3.63, 3.8) is 0 Å². The van der Waals surface area contributed by atoms with Crippen molar-refractivity contribution in [2.45, 2.75) is 13.5 Å². The zero-order valence-electron chi connectivity index (χ0n) is 18.3. The summed E-state index contributed by atoms with van der Waals surface area (Å²) >= 11 is 20.3. The minimum Gasteiger partial charge on any atom is -0.490 e. The van der Waals surface area contributed by atoms with Crippen LogP contribution in [-0.4, -0.2) is 18.5 Å². The fourth-order valence-electron chi connectivity index (χ4n) is 3.39. The molecule has 0 unspecified atom stereocenters. The van der Waals surface area contributed by atoms with Crippen LogP contribution in [0.25, 0.3) is 6.08 Å². The average molecular weight is 644 g/mol. The number of imide groups is 1. The molecule has 6 nitrogen and oxygen atoms in total. The number of halogens is 4. The first-order valence-corrected chi connectivity index (χ1v) is 12.6. The third kappa shape index (κ3) is 5.86. The smallest absolute Gasteiger partial charge is 0.333 e. The van der Waals surface area contributed by atoms with Gasteiger partial charge in [0.15, 0.2) is 11.5 Å². The zero-order chi connectivity index (χ0) is 25.1. The van der Waals surface area contributed by atoms with Crippen molar-refractivity contribution in [2.75, 3.05) is 11.5 Å². The Labute approximate surface area is 230 Å². The van der Waals surface area contributed by atoms with Gasteiger partial charge >= 0.3 is 6.03 Å². The number of rotatable bonds is 7. The molecule has 0 aliphatic carbocycles. The molecule has 0 aromatic heterocycles. The van der Waals surface area contributed by atoms with E-state index in [1.54, 1.807) is 54.6 Å². The molecule has 1 fully saturated rings. The molecule has 35 heavy (non-hydrogen) atoms. The van der Waals surface area contributed by atoms with E-state index < -0.39 is 11.9 Å². The van der Waals surface area contributed by atoms with Gasteiger partial charge in [-0.15, -0.1) is 0 Å². The molecule has 0 saturated carbocycles. The number of hydrogen-bond acceptors (Lipinski definition) is 4. The molecule has 1 aliphatic rings. The highest BCUT2D eigenvalue weighted by atomic mass is 127. The van der Waals surface area contributed by atoms with Crippen LogP contribution >= 0.6 is 57.4 Å². The number of carbonyl (C=O) groups excluding carboxylic acids is 2. The zero-order valence-corrected chi connectivity index (χ0v) is 22.7. The van der Waals surface area contributed by atoms with Gasteiger partial charge in [-0.1, -0.05) is 40.9 Å². The lowest BCUT2D eigenvalue weighted by molar-refractivity contribution is -0.113. The van der Waals surface area contributed by atoms with E-state index in [-0.39, 0.29) is 12.3 Å². The van der Waals surface area contributed by atoms with E-state index in [0.717, 1.165) is 14.0 Å². The van der Waals surface area contributed by atoms with Crippen LogP contribution in [0.4, 0.5) is 10.5 Å². The van der Waals surface area contributed by atoms with Crippen LogP contribution in [0.2, 0.25) is 15.1 Å². The Bertz CT molecular complexity index is 1330. The number of nitrogens with zero attached hydrogens (tertiary/aromatic N) is 1. The lowest BCUT2D eigenvalue weighted by atomic mass is 10.1. The first-order chi connectivity index (χ1) is 16.8. The van der Waals surface area contributed by atoms with Gasteiger partial charge in [0.05, 0.1) is 15.9 Å². The number of carbonyl (C=O) groups is 2. The summed E-state index contributed by atoms with van der Waals surface area (Å²) in [5.74, 6) is 0.579. The van der Waals surface area contributed by atoms with Crippen LogP contribution in [0.3, 0.4) is 0 Å². The Balaban J connectivity index is 1.60. The quantitative estimate of drug-likeness (QED) is 0.166. The second-order valence-corrected chi connectivity index (χ2v) is 9.83. The van der Waals surface area contributed by atoms with Crippen molar-refractivity contribution in [2.24, 2.45) is 0 Å². The third-order valence-electron chi connectivity index (χ3n) is 4.99. The summed E-state index contributed by atoms with van der Waals surface area (Å²) in [5, 5.41) is 4.19. The van der Waals surface area contributed by atoms with Gasteiger partial charge in [-0.2, -0.15) is 0 Å². The van der Waals surface area contributed by atoms with Gasteiger partial charge in [0.2, 0.25) is 0 Å². The van der Waals surface area contributed by atoms with E-state index in [1.165, 1.54) is 0 Å². The fraction of sp³-hybridized carbons (Fsp3) is 0.120. The molecule has 180 valence electrons. The second kappa shape index (κ2) is 11.1. The number of amides is 3. The van der Waals surface area contributed by atoms with Crippen LogP contribution in [0.5, 0.6) is 11.5 Å². The number of benzene rings is 3. The Morgan fingerprint density at radius 3 is 2.37 bits per heavy atom. The highest BCUT2D eigenvalue weighted by Gasteiger charge is 2.34. The number of anilines is 1. The summed E-state index contributed by atoms with van der Waals surface area (Å²) in [4.78, 5) is 26.5. The van der Waals surface area contributed by atoms with E-state index >= 15 is 0 Å². The predicted molar refractivity (Wildman–Crippen MR) is 147 cm³/mol. The van der Waals surface area contributed by atoms with Crippen molar-refractivity contribution in [1.29, 1.82) is 0 Å². The standard InChI is InChI=1S/C25H18Cl3IN2O4/c1-2-34-22-11-14(9-20(29)23(22)35-13-15-3-4-17(27)12-19(15)28)10-21-24(32)31(25(33)30-21)18-7-5-16(26)6-8-18/h3-12H,2,13H2,1H3,(H,30,33)/b21-10+. The lowest BCUT2D eigenvalue weighted by Crippen LogP contribution is -2.30. The summed E-state index contributed by atoms with van der Waals surface area (Å²) in [6, 6.07) is 14.7. The minimum atomic E-state index is -0.539. The van der Waals surface area contributed by atoms with Crippen molar-refractivity contribution in [1.82, 2.24) is 5.32 Å². The molecule has 1 saturated heterocycles. The van der Waals surface area contributed by atoms with E-state index in [2.05, 4.69) is 27.9 Å². The van der Waals surface area contributed by atoms with Crippen LogP contribution in [0, 0.1) is 3.57 Å². The molecule has 0 spiro atoms. The predicted octanol–water partition coefficient (Wildman–Crippen LogP) is 7.33. The number of hydrogen-bond donors (Lipinski definition) is 1. The molecule has 0 radical (unpaired) electrons. The molecular formula is C25H18Cl3IN2O4. The highest BCUT2D eigenvalue weighted by molar-refractivity contribution is 14.1. The Morgan fingerprint density at radius 1 is 0.971 bits per heavy atom. The Hall–Kier alpha value is -2.46. The summed E-state index contributed by atoms with van der Waals surface area (Å²) in [5.41, 5.74) is 2.01. The summed E-state index contributed by atoms with van der Waals surface area (Å²) < 4.78 is 12.6. The fourth-order valence-corrected chi connectivity index (χ4v) is 4.76. The first-order valence-electron chi connectivity index (χ1n) is 10.4. The van der Waals surface area contributed by atoms with Gasteiger partial charge in [-0.3, -0.25) is 4.79 Å². The van der Waals surface area contributed by atoms with Gasteiger partial charge in [0, 0.05) is 20.6 Å². The van der Waals surface area contributed by atoms with E-state index in [9.17, 15) is 9.59 Å². The molecule has 3 aromatic rings. The molecule has 3 aromatic carbocycles. The Kier molecular flexibility index (Phi) is 8.11. The first kappa shape index (κ1) is 25.6. The molecule has 1 N–H and O–H groups in total. The molecule has 1 aliphatic heterocycles. The maximum Gasteiger partial charge on any atom is 0.333 e. The van der Waals surface area contributed by atoms with Crippen molar-refractivity contribution >= 4 is 81.1 Å². The second-order valence-electron chi connectivity index (χ2n) is 7.39. The lowest BCUT2D eigenvalue weighted by Gasteiger charge is -2.15. The van der Waals surface area contributed by atoms with E-state index in [0.29, 0.717) is 44.4 Å². The van der Waals surface area contributed by atoms with Crippen LogP contribution in [0.15, 0.2) is 60.3 Å². The molecule has 1 heterocycles. The Morgan fingerprint density at radius 2 is 1.69 bits per heavy atom. The van der Waals surface area contributed by atoms with Gasteiger partial charge in [0.25, 0.3) is 5.91 Å². The molecule has 0 atom stereocenters. The molecular weight excluding hydrogens is 626 g/mol. The summed E-state index contributed by atoms with van der Waals surface area (Å²) in [7, 11) is 0. The van der Waals surface area contributed by atoms with Gasteiger partial charge in [0.1, 0.15) is 12.3 Å². The maximum absolute atomic E-state index is 12.9. The van der Waals surface area contributed by atoms with Gasteiger partial charge < -0.3 is 14.8 Å². The maximum atomic E-state index is 12.9. The van der Waals surface area contributed by atoms with Crippen molar-refractivity contribution in [3.8, 4) is 11.5 Å². The van der Waals surface area contributed by atoms with E-state index in [1.807, 2.05) is 13.0 Å². The van der Waals surface area contributed by atoms with E-state index in [4.69, 9.17) is 44.3 Å². The van der Waals surface area contributed by atoms with Crippen LogP contribution in [-0.2, 0) is 11.4 Å². The molecule has 0 bridgehead atoms. The highest BCUT2D eigenvalue weighted by Crippen LogP contribution is 2.36. The number of ether oxygens (including phenoxy) is 2. The minimum absolute atomic E-state index is 0.143. The molecule has 3 amide bonds. The van der Waals surface area contributed by atoms with Crippen LogP contribution < -0.4 is 19.7 Å². The van der Waals surface area contributed by atoms with Crippen molar-refractivity contribution < 1.29 is 19.1 Å². The topological polar surface area (TPSA) is 67.9 Å². The summed E-state index contributed by atoms with van der Waals surface area (Å²) in [6.45, 7) is 2.49. The number of nitrogens with one attached hydrogen (secondary N) is 1. The molecule has 4 rings (SSSR count). The largest absolute Gasteiger partial charge is 0.490 e. The van der Waals surface area contributed by atoms with Gasteiger partial charge in [-0.05, 0) is 89.7 Å². The van der Waals surface area contributed by atoms with Gasteiger partial charge in [-0.25, -0.2) is 9.69 Å². The average Bonchev–Trinajstić information content (AvgIpc) is 3.08. The SMILES string of the molecule is CCOc1cc(/C=C2/NC(=O)N(c3ccc(Cl)cc3)C2=O)cc(I)c1OCc1ccc(Cl)cc1Cl. The van der Waals surface area contributed by atoms with Crippen molar-refractivity contribution in [3.05, 3.63) is 90.1 Å². The normalized spacial score (nSPS) is 14.4. The van der Waals surface area contributed by atoms with Crippen LogP contribution in [0.1, 0.15) is 18.1 Å². The number of urea groups is 1.